The number of ether oxygens (including phenoxy) is 2. The van der Waals surface area contributed by atoms with Gasteiger partial charge in [-0.05, 0) is 68.5 Å². The van der Waals surface area contributed by atoms with E-state index in [1.807, 2.05) is 6.92 Å². The average molecular weight is 580 g/mol. The second kappa shape index (κ2) is 12.2. The third kappa shape index (κ3) is 5.54. The number of aryl methyl sites for hydroxylation is 2. The predicted octanol–water partition coefficient (Wildman–Crippen LogP) is 2.20. The lowest BCUT2D eigenvalue weighted by molar-refractivity contribution is -0.211. The van der Waals surface area contributed by atoms with Crippen molar-refractivity contribution in [2.24, 2.45) is 0 Å². The van der Waals surface area contributed by atoms with Crippen LogP contribution in [0.1, 0.15) is 42.0 Å². The van der Waals surface area contributed by atoms with Crippen LogP contribution >= 0.6 is 0 Å². The molecule has 0 bridgehead atoms. The van der Waals surface area contributed by atoms with E-state index in [0.717, 1.165) is 5.56 Å². The Balaban J connectivity index is 1.55. The predicted molar refractivity (Wildman–Crippen MR) is 149 cm³/mol. The summed E-state index contributed by atoms with van der Waals surface area (Å²) in [6.07, 6.45) is -2.49. The zero-order valence-corrected chi connectivity index (χ0v) is 23.6. The van der Waals surface area contributed by atoms with E-state index in [0.29, 0.717) is 47.3 Å². The number of carbonyl (C=O) groups excluding carboxylic acids is 1. The molecule has 2 aliphatic rings. The van der Waals surface area contributed by atoms with Gasteiger partial charge in [-0.15, -0.1) is 5.10 Å². The minimum Gasteiger partial charge on any atom is -0.394 e. The molecule has 0 unspecified atom stereocenters. The number of nitrogens with zero attached hydrogens (tertiary/aromatic N) is 5. The molecule has 1 amide bonds. The van der Waals surface area contributed by atoms with Crippen molar-refractivity contribution in [3.05, 3.63) is 65.1 Å². The summed E-state index contributed by atoms with van der Waals surface area (Å²) in [5, 5.41) is 50.1. The minimum absolute atomic E-state index is 0.338. The van der Waals surface area contributed by atoms with Crippen molar-refractivity contribution in [1.29, 1.82) is 5.26 Å². The molecule has 1 aromatic heterocycles. The van der Waals surface area contributed by atoms with Gasteiger partial charge in [-0.1, -0.05) is 17.3 Å². The Kier molecular flexibility index (Phi) is 8.68. The highest BCUT2D eigenvalue weighted by Crippen LogP contribution is 2.37. The first-order chi connectivity index (χ1) is 20.2. The Morgan fingerprint density at radius 2 is 2.02 bits per heavy atom. The molecule has 1 saturated heterocycles. The molecule has 2 heterocycles. The van der Waals surface area contributed by atoms with Crippen LogP contribution in [0.15, 0.2) is 42.6 Å². The van der Waals surface area contributed by atoms with Crippen LogP contribution in [-0.2, 0) is 14.3 Å². The fourth-order valence-electron chi connectivity index (χ4n) is 5.97. The van der Waals surface area contributed by atoms with Crippen LogP contribution in [0.5, 0.6) is 0 Å². The summed E-state index contributed by atoms with van der Waals surface area (Å²) in [6, 6.07) is 10.2. The molecule has 12 heteroatoms. The molecule has 7 atom stereocenters. The Bertz CT molecular complexity index is 1490. The smallest absolute Gasteiger partial charge is 0.259 e. The molecular formula is C30H34FN5O6. The SMILES string of the molecule is CO[C@@H]1[C@@H](n2cc(-c3ccc(C)c(F)c3)nn2)[C@@H](O)[C@@H](CO)O[C@H]1C(=O)N(c1cc(C)cc(C#N)c1)[C@@H]1CCC[C@H]1O. The van der Waals surface area contributed by atoms with Crippen molar-refractivity contribution in [1.82, 2.24) is 15.0 Å². The van der Waals surface area contributed by atoms with Gasteiger partial charge in [0, 0.05) is 18.4 Å². The Hall–Kier alpha value is -3.73. The van der Waals surface area contributed by atoms with E-state index in [4.69, 9.17) is 9.47 Å². The van der Waals surface area contributed by atoms with Gasteiger partial charge in [0.15, 0.2) is 6.10 Å². The first kappa shape index (κ1) is 29.8. The molecule has 0 spiro atoms. The lowest BCUT2D eigenvalue weighted by Gasteiger charge is -2.45. The minimum atomic E-state index is -1.34. The van der Waals surface area contributed by atoms with Gasteiger partial charge in [0.2, 0.25) is 0 Å². The van der Waals surface area contributed by atoms with E-state index < -0.39 is 60.9 Å². The number of hydrogen-bond donors (Lipinski definition) is 3. The molecule has 222 valence electrons. The highest BCUT2D eigenvalue weighted by Gasteiger charge is 2.52. The normalized spacial score (nSPS) is 27.5. The zero-order valence-electron chi connectivity index (χ0n) is 23.6. The number of anilines is 1. The van der Waals surface area contributed by atoms with E-state index >= 15 is 0 Å². The standard InChI is InChI=1S/C30H34FN5O6/c1-16-9-18(13-32)11-20(10-16)36(23-5-4-6-24(23)38)30(40)29-28(41-3)26(27(39)25(15-37)42-29)35-14-22(33-34-35)19-8-7-17(2)21(31)12-19/h7-12,14,23-29,37-39H,4-6,15H2,1-3H3/t23-,24-,25-,26+,27+,28-,29-/m1/s1. The van der Waals surface area contributed by atoms with Gasteiger partial charge in [-0.2, -0.15) is 5.26 Å². The fraction of sp³-hybridized carbons (Fsp3) is 0.467. The summed E-state index contributed by atoms with van der Waals surface area (Å²) in [5.41, 5.74) is 2.82. The number of rotatable bonds is 7. The summed E-state index contributed by atoms with van der Waals surface area (Å²) in [6.45, 7) is 2.86. The number of aliphatic hydroxyl groups is 3. The molecule has 1 aliphatic heterocycles. The summed E-state index contributed by atoms with van der Waals surface area (Å²) in [5.74, 6) is -0.961. The fourth-order valence-corrected chi connectivity index (χ4v) is 5.97. The highest BCUT2D eigenvalue weighted by molar-refractivity contribution is 5.98. The second-order valence-electron chi connectivity index (χ2n) is 10.9. The molecule has 1 saturated carbocycles. The molecule has 2 aromatic carbocycles. The van der Waals surface area contributed by atoms with Crippen LogP contribution in [0.25, 0.3) is 11.3 Å². The average Bonchev–Trinajstić information content (AvgIpc) is 3.63. The largest absolute Gasteiger partial charge is 0.394 e. The maximum absolute atomic E-state index is 14.4. The van der Waals surface area contributed by atoms with E-state index in [9.17, 15) is 29.8 Å². The third-order valence-electron chi connectivity index (χ3n) is 8.15. The van der Waals surface area contributed by atoms with E-state index in [1.54, 1.807) is 37.3 Å². The highest BCUT2D eigenvalue weighted by atomic mass is 19.1. The molecule has 11 nitrogen and oxygen atoms in total. The van der Waals surface area contributed by atoms with Gasteiger partial charge in [0.05, 0.1) is 36.6 Å². The summed E-state index contributed by atoms with van der Waals surface area (Å²) in [7, 11) is 1.37. The summed E-state index contributed by atoms with van der Waals surface area (Å²) < 4.78 is 27.4. The van der Waals surface area contributed by atoms with Gasteiger partial charge in [0.25, 0.3) is 5.91 Å². The number of hydrogen-bond acceptors (Lipinski definition) is 9. The number of nitriles is 1. The van der Waals surface area contributed by atoms with E-state index in [-0.39, 0.29) is 0 Å². The Morgan fingerprint density at radius 1 is 1.24 bits per heavy atom. The Morgan fingerprint density at radius 3 is 2.67 bits per heavy atom. The van der Waals surface area contributed by atoms with E-state index in [1.165, 1.54) is 29.0 Å². The number of methoxy groups -OCH3 is 1. The number of aliphatic hydroxyl groups excluding tert-OH is 3. The van der Waals surface area contributed by atoms with Crippen molar-refractivity contribution in [2.45, 2.75) is 75.7 Å². The van der Waals surface area contributed by atoms with Gasteiger partial charge in [-0.25, -0.2) is 9.07 Å². The maximum atomic E-state index is 14.4. The molecule has 3 aromatic rings. The van der Waals surface area contributed by atoms with Crippen LogP contribution in [0.3, 0.4) is 0 Å². The van der Waals surface area contributed by atoms with Crippen molar-refractivity contribution in [3.8, 4) is 17.3 Å². The van der Waals surface area contributed by atoms with Crippen molar-refractivity contribution < 1.29 is 34.0 Å². The van der Waals surface area contributed by atoms with Crippen LogP contribution in [0, 0.1) is 31.0 Å². The van der Waals surface area contributed by atoms with E-state index in [2.05, 4.69) is 16.4 Å². The molecule has 1 aliphatic carbocycles. The molecule has 3 N–H and O–H groups in total. The second-order valence-corrected chi connectivity index (χ2v) is 10.9. The lowest BCUT2D eigenvalue weighted by Crippen LogP contribution is -2.62. The van der Waals surface area contributed by atoms with Gasteiger partial charge >= 0.3 is 0 Å². The maximum Gasteiger partial charge on any atom is 0.259 e. The first-order valence-corrected chi connectivity index (χ1v) is 13.8. The topological polar surface area (TPSA) is 154 Å². The van der Waals surface area contributed by atoms with Gasteiger partial charge < -0.3 is 29.7 Å². The number of aromatic nitrogens is 3. The molecule has 42 heavy (non-hydrogen) atoms. The van der Waals surface area contributed by atoms with Crippen LogP contribution < -0.4 is 4.90 Å². The molecule has 0 radical (unpaired) electrons. The molecule has 5 rings (SSSR count). The molecular weight excluding hydrogens is 545 g/mol. The quantitative estimate of drug-likeness (QED) is 0.382. The first-order valence-electron chi connectivity index (χ1n) is 13.8. The zero-order chi connectivity index (χ0) is 30.1. The summed E-state index contributed by atoms with van der Waals surface area (Å²) in [4.78, 5) is 15.9. The molecule has 2 fully saturated rings. The monoisotopic (exact) mass is 579 g/mol. The van der Waals surface area contributed by atoms with Gasteiger partial charge in [-0.3, -0.25) is 4.79 Å². The number of halogens is 1. The number of amides is 1. The van der Waals surface area contributed by atoms with Crippen LogP contribution in [0.4, 0.5) is 10.1 Å². The number of carbonyl (C=O) groups is 1. The Labute approximate surface area is 242 Å². The van der Waals surface area contributed by atoms with Crippen LogP contribution in [0.2, 0.25) is 0 Å². The van der Waals surface area contributed by atoms with Crippen LogP contribution in [-0.4, -0.2) is 86.5 Å². The van der Waals surface area contributed by atoms with Crippen molar-refractivity contribution in [2.75, 3.05) is 18.6 Å². The number of benzene rings is 2. The summed E-state index contributed by atoms with van der Waals surface area (Å²) >= 11 is 0. The van der Waals surface area contributed by atoms with Crippen molar-refractivity contribution >= 4 is 11.6 Å². The lowest BCUT2D eigenvalue weighted by atomic mass is 9.91. The van der Waals surface area contributed by atoms with Gasteiger partial charge in [0.1, 0.15) is 35.9 Å². The third-order valence-corrected chi connectivity index (χ3v) is 8.15. The van der Waals surface area contributed by atoms with Crippen molar-refractivity contribution in [3.63, 3.8) is 0 Å².